The lowest BCUT2D eigenvalue weighted by Gasteiger charge is -2.37. The molecule has 0 radical (unpaired) electrons. The van der Waals surface area contributed by atoms with Crippen LogP contribution >= 0.6 is 35.4 Å². The Morgan fingerprint density at radius 3 is 2.46 bits per heavy atom. The largest absolute Gasteiger partial charge is 0.454 e. The lowest BCUT2D eigenvalue weighted by atomic mass is 10.2. The summed E-state index contributed by atoms with van der Waals surface area (Å²) in [5, 5.41) is 5.13. The van der Waals surface area contributed by atoms with E-state index in [0.29, 0.717) is 15.2 Å². The fourth-order valence-electron chi connectivity index (χ4n) is 3.03. The molecule has 2 aromatic carbocycles. The van der Waals surface area contributed by atoms with Crippen molar-refractivity contribution < 1.29 is 9.47 Å². The first-order valence-electron chi connectivity index (χ1n) is 8.26. The van der Waals surface area contributed by atoms with Gasteiger partial charge in [0.2, 0.25) is 6.79 Å². The third kappa shape index (κ3) is 3.63. The van der Waals surface area contributed by atoms with Crippen LogP contribution in [0.25, 0.3) is 0 Å². The maximum Gasteiger partial charge on any atom is 0.231 e. The van der Waals surface area contributed by atoms with Gasteiger partial charge >= 0.3 is 0 Å². The third-order valence-electron chi connectivity index (χ3n) is 4.46. The lowest BCUT2D eigenvalue weighted by molar-refractivity contribution is 0.174. The summed E-state index contributed by atoms with van der Waals surface area (Å²) < 4.78 is 10.7. The van der Waals surface area contributed by atoms with Crippen molar-refractivity contribution in [2.24, 2.45) is 0 Å². The molecule has 2 heterocycles. The summed E-state index contributed by atoms with van der Waals surface area (Å²) in [6, 6.07) is 11.5. The minimum atomic E-state index is 0.264. The van der Waals surface area contributed by atoms with Crippen LogP contribution in [0.2, 0.25) is 10.0 Å². The van der Waals surface area contributed by atoms with Crippen LogP contribution in [0.5, 0.6) is 11.5 Å². The molecule has 26 heavy (non-hydrogen) atoms. The zero-order chi connectivity index (χ0) is 18.1. The molecule has 0 aromatic heterocycles. The van der Waals surface area contributed by atoms with Gasteiger partial charge in [0.15, 0.2) is 16.6 Å². The van der Waals surface area contributed by atoms with Gasteiger partial charge < -0.3 is 24.6 Å². The molecule has 0 aliphatic carbocycles. The minimum Gasteiger partial charge on any atom is -0.454 e. The van der Waals surface area contributed by atoms with Gasteiger partial charge in [-0.25, -0.2) is 0 Å². The number of nitrogens with zero attached hydrogens (tertiary/aromatic N) is 2. The highest BCUT2D eigenvalue weighted by Crippen LogP contribution is 2.34. The molecule has 1 fully saturated rings. The number of thiocarbonyl (C=S) groups is 1. The van der Waals surface area contributed by atoms with Gasteiger partial charge in [0, 0.05) is 43.6 Å². The maximum absolute atomic E-state index is 6.12. The number of benzene rings is 2. The van der Waals surface area contributed by atoms with Crippen LogP contribution in [0, 0.1) is 0 Å². The molecule has 0 atom stereocenters. The monoisotopic (exact) mass is 409 g/mol. The molecule has 0 saturated carbocycles. The van der Waals surface area contributed by atoms with E-state index >= 15 is 0 Å². The van der Waals surface area contributed by atoms with Gasteiger partial charge in [-0.15, -0.1) is 0 Å². The standard InChI is InChI=1S/C18H17Cl2N3O2S/c19-14-3-2-13(10-15(14)20)22-5-7-23(8-6-22)18(26)21-12-1-4-16-17(9-12)25-11-24-16/h1-4,9-10H,5-8,11H2,(H,21,26). The summed E-state index contributed by atoms with van der Waals surface area (Å²) in [6.07, 6.45) is 0. The Balaban J connectivity index is 1.35. The fraction of sp³-hybridized carbons (Fsp3) is 0.278. The molecule has 136 valence electrons. The molecule has 2 aliphatic heterocycles. The maximum atomic E-state index is 6.12. The zero-order valence-electron chi connectivity index (χ0n) is 13.9. The van der Waals surface area contributed by atoms with Crippen LogP contribution in [0.3, 0.4) is 0 Å². The first kappa shape index (κ1) is 17.5. The number of halogens is 2. The van der Waals surface area contributed by atoms with Gasteiger partial charge in [0.1, 0.15) is 0 Å². The van der Waals surface area contributed by atoms with Crippen molar-refractivity contribution in [1.82, 2.24) is 4.90 Å². The van der Waals surface area contributed by atoms with E-state index < -0.39 is 0 Å². The van der Waals surface area contributed by atoms with Gasteiger partial charge in [-0.2, -0.15) is 0 Å². The fourth-order valence-corrected chi connectivity index (χ4v) is 3.62. The minimum absolute atomic E-state index is 0.264. The normalized spacial score (nSPS) is 15.9. The predicted molar refractivity (Wildman–Crippen MR) is 109 cm³/mol. The molecule has 0 spiro atoms. The SMILES string of the molecule is S=C(Nc1ccc2c(c1)OCO2)N1CCN(c2ccc(Cl)c(Cl)c2)CC1. The Morgan fingerprint density at radius 2 is 1.69 bits per heavy atom. The summed E-state index contributed by atoms with van der Waals surface area (Å²) in [5.74, 6) is 1.50. The van der Waals surface area contributed by atoms with Crippen LogP contribution < -0.4 is 19.7 Å². The van der Waals surface area contributed by atoms with Crippen LogP contribution in [0.15, 0.2) is 36.4 Å². The number of piperazine rings is 1. The van der Waals surface area contributed by atoms with E-state index in [0.717, 1.165) is 49.1 Å². The summed E-state index contributed by atoms with van der Waals surface area (Å²) >= 11 is 17.7. The number of hydrogen-bond donors (Lipinski definition) is 1. The van der Waals surface area contributed by atoms with Crippen LogP contribution in [0.4, 0.5) is 11.4 Å². The average Bonchev–Trinajstić information content (AvgIpc) is 3.12. The van der Waals surface area contributed by atoms with Gasteiger partial charge in [0.05, 0.1) is 10.0 Å². The second-order valence-corrected chi connectivity index (χ2v) is 7.27. The van der Waals surface area contributed by atoms with Gasteiger partial charge in [0.25, 0.3) is 0 Å². The Bertz CT molecular complexity index is 841. The second kappa shape index (κ2) is 7.39. The van der Waals surface area contributed by atoms with Crippen molar-refractivity contribution in [3.05, 3.63) is 46.4 Å². The van der Waals surface area contributed by atoms with Gasteiger partial charge in [-0.3, -0.25) is 0 Å². The highest BCUT2D eigenvalue weighted by molar-refractivity contribution is 7.80. The molecule has 1 saturated heterocycles. The van der Waals surface area contributed by atoms with E-state index in [4.69, 9.17) is 44.9 Å². The summed E-state index contributed by atoms with van der Waals surface area (Å²) in [6.45, 7) is 3.65. The number of fused-ring (bicyclic) bond motifs is 1. The molecular weight excluding hydrogens is 393 g/mol. The predicted octanol–water partition coefficient (Wildman–Crippen LogP) is 4.24. The van der Waals surface area contributed by atoms with E-state index in [-0.39, 0.29) is 6.79 Å². The van der Waals surface area contributed by atoms with Crippen molar-refractivity contribution >= 4 is 51.9 Å². The topological polar surface area (TPSA) is 37.0 Å². The van der Waals surface area contributed by atoms with Crippen molar-refractivity contribution in [1.29, 1.82) is 0 Å². The number of rotatable bonds is 2. The summed E-state index contributed by atoms with van der Waals surface area (Å²) in [5.41, 5.74) is 1.97. The number of anilines is 2. The molecular formula is C18H17Cl2N3O2S. The lowest BCUT2D eigenvalue weighted by Crippen LogP contribution is -2.50. The first-order valence-corrected chi connectivity index (χ1v) is 9.42. The van der Waals surface area contributed by atoms with Gasteiger partial charge in [-0.1, -0.05) is 23.2 Å². The number of nitrogens with one attached hydrogen (secondary N) is 1. The Morgan fingerprint density at radius 1 is 0.923 bits per heavy atom. The van der Waals surface area contributed by atoms with Crippen LogP contribution in [-0.4, -0.2) is 43.0 Å². The first-order chi connectivity index (χ1) is 12.6. The molecule has 0 bridgehead atoms. The smallest absolute Gasteiger partial charge is 0.231 e. The molecule has 0 amide bonds. The van der Waals surface area contributed by atoms with Crippen molar-refractivity contribution in [3.63, 3.8) is 0 Å². The van der Waals surface area contributed by atoms with E-state index in [1.807, 2.05) is 36.4 Å². The number of ether oxygens (including phenoxy) is 2. The van der Waals surface area contributed by atoms with Crippen molar-refractivity contribution in [2.45, 2.75) is 0 Å². The highest BCUT2D eigenvalue weighted by Gasteiger charge is 2.20. The average molecular weight is 410 g/mol. The second-order valence-electron chi connectivity index (χ2n) is 6.07. The van der Waals surface area contributed by atoms with E-state index in [1.54, 1.807) is 0 Å². The van der Waals surface area contributed by atoms with E-state index in [1.165, 1.54) is 0 Å². The highest BCUT2D eigenvalue weighted by atomic mass is 35.5. The van der Waals surface area contributed by atoms with Crippen molar-refractivity contribution in [3.8, 4) is 11.5 Å². The molecule has 8 heteroatoms. The Labute approximate surface area is 167 Å². The van der Waals surface area contributed by atoms with Gasteiger partial charge in [-0.05, 0) is 42.5 Å². The Hall–Kier alpha value is -1.89. The van der Waals surface area contributed by atoms with Crippen molar-refractivity contribution in [2.75, 3.05) is 43.2 Å². The summed E-state index contributed by atoms with van der Waals surface area (Å²) in [4.78, 5) is 4.44. The molecule has 4 rings (SSSR count). The molecule has 2 aromatic rings. The van der Waals surface area contributed by atoms with E-state index in [2.05, 4.69) is 15.1 Å². The quantitative estimate of drug-likeness (QED) is 0.747. The molecule has 2 aliphatic rings. The van der Waals surface area contributed by atoms with E-state index in [9.17, 15) is 0 Å². The molecule has 5 nitrogen and oxygen atoms in total. The van der Waals surface area contributed by atoms with Crippen LogP contribution in [-0.2, 0) is 0 Å². The summed E-state index contributed by atoms with van der Waals surface area (Å²) in [7, 11) is 0. The van der Waals surface area contributed by atoms with Crippen LogP contribution in [0.1, 0.15) is 0 Å². The molecule has 1 N–H and O–H groups in total. The zero-order valence-corrected chi connectivity index (χ0v) is 16.2. The Kier molecular flexibility index (Phi) is 4.98. The number of hydrogen-bond acceptors (Lipinski definition) is 4. The third-order valence-corrected chi connectivity index (χ3v) is 5.56. The molecule has 0 unspecified atom stereocenters.